The number of nitrogens with one attached hydrogen (secondary N) is 1. The number of hydrogen-bond donors (Lipinski definition) is 3. The lowest BCUT2D eigenvalue weighted by molar-refractivity contribution is 0.262. The van der Waals surface area contributed by atoms with Gasteiger partial charge in [0.15, 0.2) is 0 Å². The van der Waals surface area contributed by atoms with Crippen molar-refractivity contribution < 1.29 is 5.21 Å². The van der Waals surface area contributed by atoms with Crippen LogP contribution in [0, 0.1) is 17.3 Å². The Morgan fingerprint density at radius 3 is 2.38 bits per heavy atom. The molecule has 0 aliphatic heterocycles. The number of nitrogens with two attached hydrogens (primary N) is 1. The van der Waals surface area contributed by atoms with Crippen LogP contribution in [0.4, 0.5) is 0 Å². The Morgan fingerprint density at radius 1 is 1.19 bits per heavy atom. The van der Waals surface area contributed by atoms with E-state index in [4.69, 9.17) is 10.9 Å². The molecule has 4 heteroatoms. The molecule has 0 bridgehead atoms. The van der Waals surface area contributed by atoms with E-state index in [9.17, 15) is 0 Å². The maximum atomic E-state index is 8.74. The molecule has 1 aliphatic rings. The van der Waals surface area contributed by atoms with Gasteiger partial charge in [-0.15, -0.1) is 0 Å². The SMILES string of the molecule is CCC1CCC(CNCCCCC(C)(C)C(N)=NO)CC1. The van der Waals surface area contributed by atoms with Crippen LogP contribution in [0.5, 0.6) is 0 Å². The van der Waals surface area contributed by atoms with Crippen LogP contribution >= 0.6 is 0 Å². The van der Waals surface area contributed by atoms with Gasteiger partial charge in [-0.25, -0.2) is 0 Å². The summed E-state index contributed by atoms with van der Waals surface area (Å²) in [5.41, 5.74) is 5.50. The van der Waals surface area contributed by atoms with Gasteiger partial charge in [0.2, 0.25) is 0 Å². The summed E-state index contributed by atoms with van der Waals surface area (Å²) in [5.74, 6) is 2.21. The summed E-state index contributed by atoms with van der Waals surface area (Å²) in [7, 11) is 0. The summed E-state index contributed by atoms with van der Waals surface area (Å²) in [6.45, 7) is 8.64. The molecular formula is C17H35N3O. The Kier molecular flexibility index (Phi) is 8.09. The van der Waals surface area contributed by atoms with E-state index in [1.807, 2.05) is 13.8 Å². The van der Waals surface area contributed by atoms with Gasteiger partial charge in [0.25, 0.3) is 0 Å². The topological polar surface area (TPSA) is 70.6 Å². The minimum atomic E-state index is -0.201. The molecule has 0 atom stereocenters. The van der Waals surface area contributed by atoms with Gasteiger partial charge in [0, 0.05) is 5.41 Å². The molecule has 1 rings (SSSR count). The van der Waals surface area contributed by atoms with E-state index in [1.54, 1.807) is 0 Å². The average Bonchev–Trinajstić information content (AvgIpc) is 2.50. The number of hydrogen-bond acceptors (Lipinski definition) is 3. The van der Waals surface area contributed by atoms with E-state index in [1.165, 1.54) is 38.6 Å². The van der Waals surface area contributed by atoms with Gasteiger partial charge in [-0.3, -0.25) is 0 Å². The molecule has 0 radical (unpaired) electrons. The highest BCUT2D eigenvalue weighted by atomic mass is 16.4. The number of amidine groups is 1. The summed E-state index contributed by atoms with van der Waals surface area (Å²) >= 11 is 0. The van der Waals surface area contributed by atoms with Crippen molar-refractivity contribution in [3.05, 3.63) is 0 Å². The van der Waals surface area contributed by atoms with Crippen LogP contribution in [0.15, 0.2) is 5.16 Å². The predicted octanol–water partition coefficient (Wildman–Crippen LogP) is 3.74. The highest BCUT2D eigenvalue weighted by Crippen LogP contribution is 2.30. The molecule has 0 aromatic rings. The Balaban J connectivity index is 2.03. The third kappa shape index (κ3) is 6.68. The van der Waals surface area contributed by atoms with Crippen molar-refractivity contribution in [3.8, 4) is 0 Å². The Bertz CT molecular complexity index is 307. The molecule has 0 aromatic carbocycles. The van der Waals surface area contributed by atoms with Crippen molar-refractivity contribution >= 4 is 5.84 Å². The molecule has 1 fully saturated rings. The first-order chi connectivity index (χ1) is 9.99. The fourth-order valence-corrected chi connectivity index (χ4v) is 3.23. The first kappa shape index (κ1) is 18.3. The normalized spacial score (nSPS) is 24.2. The van der Waals surface area contributed by atoms with Gasteiger partial charge in [-0.1, -0.05) is 51.6 Å². The molecule has 1 aliphatic carbocycles. The third-order valence-electron chi connectivity index (χ3n) is 5.18. The molecule has 0 saturated heterocycles. The molecular weight excluding hydrogens is 262 g/mol. The average molecular weight is 297 g/mol. The van der Waals surface area contributed by atoms with Gasteiger partial charge < -0.3 is 16.3 Å². The second-order valence-electron chi connectivity index (χ2n) is 7.33. The second kappa shape index (κ2) is 9.29. The van der Waals surface area contributed by atoms with E-state index < -0.39 is 0 Å². The lowest BCUT2D eigenvalue weighted by Gasteiger charge is -2.28. The number of rotatable bonds is 9. The van der Waals surface area contributed by atoms with Crippen molar-refractivity contribution in [1.29, 1.82) is 0 Å². The zero-order chi connectivity index (χ0) is 15.7. The van der Waals surface area contributed by atoms with Crippen molar-refractivity contribution in [2.45, 2.75) is 72.1 Å². The van der Waals surface area contributed by atoms with Gasteiger partial charge in [-0.05, 0) is 50.6 Å². The lowest BCUT2D eigenvalue weighted by Crippen LogP contribution is -2.32. The summed E-state index contributed by atoms with van der Waals surface area (Å²) in [6.07, 6.45) is 10.3. The van der Waals surface area contributed by atoms with Crippen molar-refractivity contribution in [3.63, 3.8) is 0 Å². The highest BCUT2D eigenvalue weighted by Gasteiger charge is 2.23. The van der Waals surface area contributed by atoms with Crippen LogP contribution < -0.4 is 11.1 Å². The van der Waals surface area contributed by atoms with E-state index in [-0.39, 0.29) is 5.41 Å². The van der Waals surface area contributed by atoms with Crippen LogP contribution in [-0.4, -0.2) is 24.1 Å². The van der Waals surface area contributed by atoms with E-state index in [0.717, 1.165) is 37.6 Å². The highest BCUT2D eigenvalue weighted by molar-refractivity contribution is 5.85. The van der Waals surface area contributed by atoms with Crippen LogP contribution in [-0.2, 0) is 0 Å². The molecule has 0 aromatic heterocycles. The van der Waals surface area contributed by atoms with Crippen LogP contribution in [0.1, 0.15) is 72.1 Å². The summed E-state index contributed by atoms with van der Waals surface area (Å²) in [5, 5.41) is 15.5. The van der Waals surface area contributed by atoms with Crippen LogP contribution in [0.2, 0.25) is 0 Å². The largest absolute Gasteiger partial charge is 0.409 e. The summed E-state index contributed by atoms with van der Waals surface area (Å²) in [4.78, 5) is 0. The predicted molar refractivity (Wildman–Crippen MR) is 89.6 cm³/mol. The first-order valence-corrected chi connectivity index (χ1v) is 8.68. The molecule has 0 spiro atoms. The lowest BCUT2D eigenvalue weighted by atomic mass is 9.81. The summed E-state index contributed by atoms with van der Waals surface area (Å²) < 4.78 is 0. The fourth-order valence-electron chi connectivity index (χ4n) is 3.23. The minimum Gasteiger partial charge on any atom is -0.409 e. The van der Waals surface area contributed by atoms with Crippen molar-refractivity contribution in [1.82, 2.24) is 5.32 Å². The summed E-state index contributed by atoms with van der Waals surface area (Å²) in [6, 6.07) is 0. The van der Waals surface area contributed by atoms with E-state index in [2.05, 4.69) is 17.4 Å². The second-order valence-corrected chi connectivity index (χ2v) is 7.33. The zero-order valence-corrected chi connectivity index (χ0v) is 14.2. The fraction of sp³-hybridized carbons (Fsp3) is 0.941. The molecule has 0 heterocycles. The standard InChI is InChI=1S/C17H35N3O/c1-4-14-7-9-15(10-8-14)13-19-12-6-5-11-17(2,3)16(18)20-21/h14-15,19,21H,4-13H2,1-3H3,(H2,18,20). The van der Waals surface area contributed by atoms with Gasteiger partial charge in [0.1, 0.15) is 5.84 Å². The minimum absolute atomic E-state index is 0.201. The molecule has 1 saturated carbocycles. The van der Waals surface area contributed by atoms with Crippen molar-refractivity contribution in [2.75, 3.05) is 13.1 Å². The zero-order valence-electron chi connectivity index (χ0n) is 14.2. The number of unbranched alkanes of at least 4 members (excludes halogenated alkanes) is 1. The van der Waals surface area contributed by atoms with Gasteiger partial charge in [0.05, 0.1) is 0 Å². The monoisotopic (exact) mass is 297 g/mol. The quantitative estimate of drug-likeness (QED) is 0.200. The Morgan fingerprint density at radius 2 is 1.81 bits per heavy atom. The Hall–Kier alpha value is -0.770. The van der Waals surface area contributed by atoms with Gasteiger partial charge >= 0.3 is 0 Å². The third-order valence-corrected chi connectivity index (χ3v) is 5.18. The molecule has 0 amide bonds. The van der Waals surface area contributed by atoms with Gasteiger partial charge in [-0.2, -0.15) is 0 Å². The smallest absolute Gasteiger partial charge is 0.144 e. The maximum Gasteiger partial charge on any atom is 0.144 e. The van der Waals surface area contributed by atoms with E-state index >= 15 is 0 Å². The van der Waals surface area contributed by atoms with Crippen LogP contribution in [0.3, 0.4) is 0 Å². The Labute approximate surface area is 130 Å². The molecule has 0 unspecified atom stereocenters. The van der Waals surface area contributed by atoms with Crippen molar-refractivity contribution in [2.24, 2.45) is 28.1 Å². The number of nitrogens with zero attached hydrogens (tertiary/aromatic N) is 1. The molecule has 4 nitrogen and oxygen atoms in total. The van der Waals surface area contributed by atoms with Crippen LogP contribution in [0.25, 0.3) is 0 Å². The maximum absolute atomic E-state index is 8.74. The number of oxime groups is 1. The van der Waals surface area contributed by atoms with E-state index in [0.29, 0.717) is 5.84 Å². The first-order valence-electron chi connectivity index (χ1n) is 8.68. The molecule has 124 valence electrons. The molecule has 21 heavy (non-hydrogen) atoms. The molecule has 4 N–H and O–H groups in total.